The third-order valence-electron chi connectivity index (χ3n) is 4.96. The van der Waals surface area contributed by atoms with E-state index in [9.17, 15) is 4.79 Å². The number of halogens is 1. The number of imidazole rings is 1. The molecule has 0 spiro atoms. The number of rotatable bonds is 8. The predicted molar refractivity (Wildman–Crippen MR) is 135 cm³/mol. The molecule has 0 atom stereocenters. The first-order chi connectivity index (χ1) is 16.2. The van der Waals surface area contributed by atoms with Crippen LogP contribution in [0.3, 0.4) is 0 Å². The summed E-state index contributed by atoms with van der Waals surface area (Å²) in [4.78, 5) is 30.6. The van der Waals surface area contributed by atoms with Crippen molar-refractivity contribution in [2.24, 2.45) is 4.99 Å². The predicted octanol–water partition coefficient (Wildman–Crippen LogP) is 5.11. The molecule has 33 heavy (non-hydrogen) atoms. The van der Waals surface area contributed by atoms with Gasteiger partial charge in [-0.05, 0) is 36.4 Å². The molecule has 7 nitrogen and oxygen atoms in total. The molecule has 0 aliphatic rings. The lowest BCUT2D eigenvalue weighted by Crippen LogP contribution is -2.17. The lowest BCUT2D eigenvalue weighted by atomic mass is 10.3. The molecular weight excluding hydrogens is 476 g/mol. The average Bonchev–Trinajstić information content (AvgIpc) is 3.56. The summed E-state index contributed by atoms with van der Waals surface area (Å²) in [7, 11) is 0. The SMILES string of the molecule is O=c1c(C=NCCc2cnc[nH]2)c(CSc2ccc(Cl)cc2)[nH]n1-c1nc2ccccc2s1. The minimum absolute atomic E-state index is 0.161. The first-order valence-corrected chi connectivity index (χ1v) is 12.4. The number of aliphatic imine (C=N–C) groups is 1. The summed E-state index contributed by atoms with van der Waals surface area (Å²) in [5, 5.41) is 4.56. The first kappa shape index (κ1) is 21.7. The summed E-state index contributed by atoms with van der Waals surface area (Å²) < 4.78 is 2.54. The Balaban J connectivity index is 1.44. The molecule has 166 valence electrons. The molecule has 2 N–H and O–H groups in total. The number of thiazole rings is 1. The second-order valence-corrected chi connectivity index (χ2v) is 9.71. The molecule has 0 aliphatic heterocycles. The van der Waals surface area contributed by atoms with Crippen LogP contribution in [0.2, 0.25) is 5.02 Å². The Morgan fingerprint density at radius 1 is 1.18 bits per heavy atom. The van der Waals surface area contributed by atoms with E-state index in [2.05, 4.69) is 25.0 Å². The quantitative estimate of drug-likeness (QED) is 0.232. The fraction of sp³-hybridized carbons (Fsp3) is 0.130. The summed E-state index contributed by atoms with van der Waals surface area (Å²) in [5.41, 5.74) is 3.05. The lowest BCUT2D eigenvalue weighted by Gasteiger charge is -2.01. The summed E-state index contributed by atoms with van der Waals surface area (Å²) in [5.74, 6) is 0.580. The van der Waals surface area contributed by atoms with Crippen molar-refractivity contribution in [1.82, 2.24) is 24.7 Å². The van der Waals surface area contributed by atoms with Gasteiger partial charge in [-0.1, -0.05) is 35.1 Å². The normalized spacial score (nSPS) is 11.7. The van der Waals surface area contributed by atoms with Gasteiger partial charge in [0.15, 0.2) is 0 Å². The standard InChI is InChI=1S/C23H19ClN6OS2/c24-15-5-7-17(8-6-15)32-13-20-18(12-25-10-9-16-11-26-14-27-16)22(31)30(29-20)23-28-19-3-1-2-4-21(19)33-23/h1-8,11-12,14,29H,9-10,13H2,(H,26,27). The van der Waals surface area contributed by atoms with Gasteiger partial charge in [-0.2, -0.15) is 4.68 Å². The Kier molecular flexibility index (Phi) is 6.43. The summed E-state index contributed by atoms with van der Waals surface area (Å²) in [6.45, 7) is 0.553. The Hall–Kier alpha value is -3.14. The van der Waals surface area contributed by atoms with Crippen LogP contribution in [-0.4, -0.2) is 37.5 Å². The zero-order chi connectivity index (χ0) is 22.6. The molecule has 3 heterocycles. The maximum Gasteiger partial charge on any atom is 0.282 e. The molecule has 5 aromatic rings. The number of aromatic nitrogens is 5. The minimum atomic E-state index is -0.161. The van der Waals surface area contributed by atoms with E-state index in [0.29, 0.717) is 28.0 Å². The van der Waals surface area contributed by atoms with Gasteiger partial charge in [-0.3, -0.25) is 14.9 Å². The van der Waals surface area contributed by atoms with Crippen molar-refractivity contribution in [2.45, 2.75) is 17.1 Å². The highest BCUT2D eigenvalue weighted by atomic mass is 35.5. The molecule has 0 fully saturated rings. The van der Waals surface area contributed by atoms with Crippen LogP contribution in [0.1, 0.15) is 17.0 Å². The van der Waals surface area contributed by atoms with Crippen molar-refractivity contribution in [1.29, 1.82) is 0 Å². The first-order valence-electron chi connectivity index (χ1n) is 10.2. The largest absolute Gasteiger partial charge is 0.348 e. The molecule has 10 heteroatoms. The van der Waals surface area contributed by atoms with Crippen molar-refractivity contribution in [3.05, 3.63) is 93.4 Å². The highest BCUT2D eigenvalue weighted by Crippen LogP contribution is 2.26. The fourth-order valence-electron chi connectivity index (χ4n) is 3.28. The second-order valence-electron chi connectivity index (χ2n) is 7.21. The van der Waals surface area contributed by atoms with Crippen LogP contribution in [0.15, 0.2) is 75.7 Å². The van der Waals surface area contributed by atoms with Gasteiger partial charge in [-0.15, -0.1) is 11.8 Å². The monoisotopic (exact) mass is 494 g/mol. The van der Waals surface area contributed by atoms with E-state index >= 15 is 0 Å². The molecule has 0 saturated heterocycles. The van der Waals surface area contributed by atoms with E-state index in [4.69, 9.17) is 11.6 Å². The van der Waals surface area contributed by atoms with Crippen molar-refractivity contribution < 1.29 is 0 Å². The van der Waals surface area contributed by atoms with E-state index in [1.165, 1.54) is 16.0 Å². The molecule has 0 aliphatic carbocycles. The number of fused-ring (bicyclic) bond motifs is 1. The molecule has 2 aromatic carbocycles. The summed E-state index contributed by atoms with van der Waals surface area (Å²) in [6.07, 6.45) is 5.81. The molecule has 5 rings (SSSR count). The highest BCUT2D eigenvalue weighted by Gasteiger charge is 2.17. The lowest BCUT2D eigenvalue weighted by molar-refractivity contribution is 0.827. The van der Waals surface area contributed by atoms with E-state index in [0.717, 1.165) is 32.9 Å². The van der Waals surface area contributed by atoms with Crippen LogP contribution in [0.5, 0.6) is 0 Å². The summed E-state index contributed by atoms with van der Waals surface area (Å²) in [6, 6.07) is 15.5. The van der Waals surface area contributed by atoms with Crippen LogP contribution in [0, 0.1) is 0 Å². The van der Waals surface area contributed by atoms with Crippen LogP contribution in [0.25, 0.3) is 15.3 Å². The van der Waals surface area contributed by atoms with Gasteiger partial charge in [0, 0.05) is 46.7 Å². The number of hydrogen-bond donors (Lipinski definition) is 2. The van der Waals surface area contributed by atoms with Gasteiger partial charge < -0.3 is 4.98 Å². The van der Waals surface area contributed by atoms with Gasteiger partial charge in [0.2, 0.25) is 5.13 Å². The number of para-hydroxylation sites is 1. The zero-order valence-corrected chi connectivity index (χ0v) is 19.8. The Bertz CT molecular complexity index is 1420. The summed E-state index contributed by atoms with van der Waals surface area (Å²) >= 11 is 9.09. The van der Waals surface area contributed by atoms with Gasteiger partial charge in [0.05, 0.1) is 27.8 Å². The number of aromatic amines is 2. The molecule has 0 amide bonds. The van der Waals surface area contributed by atoms with E-state index in [-0.39, 0.29) is 5.56 Å². The van der Waals surface area contributed by atoms with Crippen LogP contribution in [-0.2, 0) is 12.2 Å². The zero-order valence-electron chi connectivity index (χ0n) is 17.4. The highest BCUT2D eigenvalue weighted by molar-refractivity contribution is 7.98. The second kappa shape index (κ2) is 9.78. The van der Waals surface area contributed by atoms with Gasteiger partial charge in [0.25, 0.3) is 5.56 Å². The topological polar surface area (TPSA) is 91.7 Å². The van der Waals surface area contributed by atoms with E-state index < -0.39 is 0 Å². The molecule has 0 unspecified atom stereocenters. The van der Waals surface area contributed by atoms with Crippen LogP contribution in [0.4, 0.5) is 0 Å². The minimum Gasteiger partial charge on any atom is -0.348 e. The number of hydrogen-bond acceptors (Lipinski definition) is 6. The third kappa shape index (κ3) is 4.95. The van der Waals surface area contributed by atoms with Gasteiger partial charge in [-0.25, -0.2) is 9.97 Å². The number of benzene rings is 2. The molecule has 0 saturated carbocycles. The Labute approximate surface area is 202 Å². The maximum atomic E-state index is 13.3. The smallest absolute Gasteiger partial charge is 0.282 e. The van der Waals surface area contributed by atoms with Crippen LogP contribution >= 0.6 is 34.7 Å². The molecule has 0 bridgehead atoms. The molecular formula is C23H19ClN6OS2. The number of nitrogens with zero attached hydrogens (tertiary/aromatic N) is 4. The number of nitrogens with one attached hydrogen (secondary N) is 2. The molecule has 0 radical (unpaired) electrons. The van der Waals surface area contributed by atoms with Crippen molar-refractivity contribution in [3.8, 4) is 5.13 Å². The number of H-pyrrole nitrogens is 2. The third-order valence-corrected chi connectivity index (χ3v) is 7.27. The Morgan fingerprint density at radius 2 is 2.03 bits per heavy atom. The van der Waals surface area contributed by atoms with Crippen molar-refractivity contribution >= 4 is 51.1 Å². The van der Waals surface area contributed by atoms with Crippen LogP contribution < -0.4 is 5.56 Å². The molecule has 3 aromatic heterocycles. The van der Waals surface area contributed by atoms with E-state index in [1.807, 2.05) is 48.5 Å². The van der Waals surface area contributed by atoms with Gasteiger partial charge >= 0.3 is 0 Å². The Morgan fingerprint density at radius 3 is 2.82 bits per heavy atom. The van der Waals surface area contributed by atoms with Crippen molar-refractivity contribution in [3.63, 3.8) is 0 Å². The van der Waals surface area contributed by atoms with Crippen molar-refractivity contribution in [2.75, 3.05) is 6.54 Å². The van der Waals surface area contributed by atoms with E-state index in [1.54, 1.807) is 30.5 Å². The fourth-order valence-corrected chi connectivity index (χ4v) is 5.19. The number of thioether (sulfide) groups is 1. The van der Waals surface area contributed by atoms with Gasteiger partial charge in [0.1, 0.15) is 0 Å². The maximum absolute atomic E-state index is 13.3. The average molecular weight is 495 g/mol.